The Bertz CT molecular complexity index is 747. The van der Waals surface area contributed by atoms with Gasteiger partial charge in [0.15, 0.2) is 0 Å². The molecule has 0 aliphatic rings. The Morgan fingerprint density at radius 3 is 2.80 bits per heavy atom. The van der Waals surface area contributed by atoms with E-state index < -0.39 is 0 Å². The summed E-state index contributed by atoms with van der Waals surface area (Å²) in [6.07, 6.45) is 1.12. The number of hydrogen-bond acceptors (Lipinski definition) is 2. The molecule has 104 valence electrons. The van der Waals surface area contributed by atoms with Gasteiger partial charge in [0.1, 0.15) is 11.3 Å². The average Bonchev–Trinajstić information content (AvgIpc) is 2.89. The lowest BCUT2D eigenvalue weighted by molar-refractivity contribution is 0.451. The monoisotopic (exact) mass is 331 g/mol. The molecule has 3 aromatic rings. The van der Waals surface area contributed by atoms with Crippen molar-refractivity contribution in [3.8, 4) is 0 Å². The van der Waals surface area contributed by atoms with Crippen LogP contribution in [-0.2, 0) is 0 Å². The van der Waals surface area contributed by atoms with Gasteiger partial charge in [-0.25, -0.2) is 0 Å². The van der Waals surface area contributed by atoms with E-state index in [0.29, 0.717) is 0 Å². The highest BCUT2D eigenvalue weighted by Gasteiger charge is 2.14. The van der Waals surface area contributed by atoms with Crippen molar-refractivity contribution in [2.24, 2.45) is 0 Å². The minimum absolute atomic E-state index is 0.234. The molecule has 0 radical (unpaired) electrons. The Kier molecular flexibility index (Phi) is 3.81. The first-order chi connectivity index (χ1) is 9.70. The number of benzene rings is 2. The fraction of sp³-hybridized carbons (Fsp3) is 0.294. The summed E-state index contributed by atoms with van der Waals surface area (Å²) in [5, 5.41) is 7.03. The zero-order chi connectivity index (χ0) is 14.1. The average molecular weight is 332 g/mol. The molecular formula is C17H18BrNO. The van der Waals surface area contributed by atoms with Crippen LogP contribution in [0.25, 0.3) is 21.7 Å². The number of furan rings is 1. The van der Waals surface area contributed by atoms with E-state index in [2.05, 4.69) is 65.4 Å². The van der Waals surface area contributed by atoms with E-state index in [-0.39, 0.29) is 6.04 Å². The molecule has 2 aromatic carbocycles. The van der Waals surface area contributed by atoms with Gasteiger partial charge in [-0.2, -0.15) is 0 Å². The Morgan fingerprint density at radius 1 is 1.20 bits per heavy atom. The standard InChI is InChI=1S/C17H18BrNO/c1-3-8-19-11(2)15-10-13-9-12-6-4-5-7-14(12)16(18)17(13)20-15/h4-7,9-11,19H,3,8H2,1-2H3. The molecule has 3 heteroatoms. The van der Waals surface area contributed by atoms with Gasteiger partial charge in [-0.05, 0) is 58.7 Å². The Balaban J connectivity index is 2.10. The third-order valence-electron chi connectivity index (χ3n) is 3.61. The summed E-state index contributed by atoms with van der Waals surface area (Å²) in [7, 11) is 0. The van der Waals surface area contributed by atoms with Crippen molar-refractivity contribution in [1.29, 1.82) is 0 Å². The van der Waals surface area contributed by atoms with E-state index in [0.717, 1.165) is 34.2 Å². The molecule has 1 aromatic heterocycles. The Hall–Kier alpha value is -1.32. The lowest BCUT2D eigenvalue weighted by Crippen LogP contribution is -2.18. The van der Waals surface area contributed by atoms with Crippen molar-refractivity contribution in [1.82, 2.24) is 5.32 Å². The predicted molar refractivity (Wildman–Crippen MR) is 88.1 cm³/mol. The smallest absolute Gasteiger partial charge is 0.149 e. The second kappa shape index (κ2) is 5.58. The molecule has 2 nitrogen and oxygen atoms in total. The summed E-state index contributed by atoms with van der Waals surface area (Å²) >= 11 is 3.68. The van der Waals surface area contributed by atoms with Crippen molar-refractivity contribution < 1.29 is 4.42 Å². The lowest BCUT2D eigenvalue weighted by atomic mass is 10.1. The van der Waals surface area contributed by atoms with Crippen molar-refractivity contribution in [3.63, 3.8) is 0 Å². The van der Waals surface area contributed by atoms with Crippen LogP contribution in [0.15, 0.2) is 45.3 Å². The minimum atomic E-state index is 0.234. The van der Waals surface area contributed by atoms with Gasteiger partial charge in [-0.1, -0.05) is 31.2 Å². The van der Waals surface area contributed by atoms with E-state index in [1.807, 2.05) is 6.07 Å². The summed E-state index contributed by atoms with van der Waals surface area (Å²) in [5.74, 6) is 0.990. The third kappa shape index (κ3) is 2.36. The Labute approximate surface area is 127 Å². The van der Waals surface area contributed by atoms with Gasteiger partial charge in [0, 0.05) is 5.39 Å². The molecule has 20 heavy (non-hydrogen) atoms. The number of rotatable bonds is 4. The molecule has 0 amide bonds. The molecule has 0 fully saturated rings. The summed E-state index contributed by atoms with van der Waals surface area (Å²) in [5.41, 5.74) is 0.934. The van der Waals surface area contributed by atoms with Gasteiger partial charge >= 0.3 is 0 Å². The van der Waals surface area contributed by atoms with Crippen LogP contribution < -0.4 is 5.32 Å². The van der Waals surface area contributed by atoms with Crippen LogP contribution >= 0.6 is 15.9 Å². The largest absolute Gasteiger partial charge is 0.458 e. The highest BCUT2D eigenvalue weighted by Crippen LogP contribution is 2.35. The molecule has 1 heterocycles. The van der Waals surface area contributed by atoms with E-state index in [1.54, 1.807) is 0 Å². The topological polar surface area (TPSA) is 25.2 Å². The van der Waals surface area contributed by atoms with Crippen LogP contribution in [0.4, 0.5) is 0 Å². The maximum absolute atomic E-state index is 6.06. The van der Waals surface area contributed by atoms with Crippen molar-refractivity contribution in [3.05, 3.63) is 46.6 Å². The number of nitrogens with one attached hydrogen (secondary N) is 1. The van der Waals surface area contributed by atoms with Gasteiger partial charge in [0.25, 0.3) is 0 Å². The summed E-state index contributed by atoms with van der Waals surface area (Å²) in [4.78, 5) is 0. The third-order valence-corrected chi connectivity index (χ3v) is 4.40. The molecule has 1 unspecified atom stereocenters. The van der Waals surface area contributed by atoms with Crippen molar-refractivity contribution >= 4 is 37.7 Å². The molecule has 3 rings (SSSR count). The number of halogens is 1. The van der Waals surface area contributed by atoms with Crippen LogP contribution in [-0.4, -0.2) is 6.54 Å². The molecule has 1 atom stereocenters. The second-order valence-electron chi connectivity index (χ2n) is 5.15. The fourth-order valence-electron chi connectivity index (χ4n) is 2.49. The first kappa shape index (κ1) is 13.7. The van der Waals surface area contributed by atoms with Gasteiger partial charge in [0.05, 0.1) is 10.5 Å². The quantitative estimate of drug-likeness (QED) is 0.691. The highest BCUT2D eigenvalue weighted by atomic mass is 79.9. The van der Waals surface area contributed by atoms with Gasteiger partial charge < -0.3 is 9.73 Å². The summed E-state index contributed by atoms with van der Waals surface area (Å²) in [6, 6.07) is 12.9. The summed E-state index contributed by atoms with van der Waals surface area (Å²) in [6.45, 7) is 5.31. The zero-order valence-corrected chi connectivity index (χ0v) is 13.3. The maximum Gasteiger partial charge on any atom is 0.149 e. The molecule has 0 bridgehead atoms. The molecule has 0 saturated carbocycles. The van der Waals surface area contributed by atoms with Gasteiger partial charge in [-0.3, -0.25) is 0 Å². The number of fused-ring (bicyclic) bond motifs is 2. The SMILES string of the molecule is CCCNC(C)c1cc2cc3ccccc3c(Br)c2o1. The van der Waals surface area contributed by atoms with Crippen molar-refractivity contribution in [2.75, 3.05) is 6.54 Å². The summed E-state index contributed by atoms with van der Waals surface area (Å²) < 4.78 is 7.10. The minimum Gasteiger partial charge on any atom is -0.458 e. The molecular weight excluding hydrogens is 314 g/mol. The van der Waals surface area contributed by atoms with Crippen LogP contribution in [0, 0.1) is 0 Å². The molecule has 1 N–H and O–H groups in total. The van der Waals surface area contributed by atoms with E-state index >= 15 is 0 Å². The first-order valence-corrected chi connectivity index (χ1v) is 7.84. The predicted octanol–water partition coefficient (Wildman–Crippen LogP) is 5.41. The van der Waals surface area contributed by atoms with E-state index in [1.165, 1.54) is 10.8 Å². The maximum atomic E-state index is 6.06. The normalized spacial score (nSPS) is 13.2. The van der Waals surface area contributed by atoms with Crippen molar-refractivity contribution in [2.45, 2.75) is 26.3 Å². The van der Waals surface area contributed by atoms with Gasteiger partial charge in [0.2, 0.25) is 0 Å². The first-order valence-electron chi connectivity index (χ1n) is 7.04. The van der Waals surface area contributed by atoms with Crippen LogP contribution in [0.3, 0.4) is 0 Å². The Morgan fingerprint density at radius 2 is 2.00 bits per heavy atom. The second-order valence-corrected chi connectivity index (χ2v) is 5.95. The molecule has 0 aliphatic heterocycles. The zero-order valence-electron chi connectivity index (χ0n) is 11.7. The van der Waals surface area contributed by atoms with Crippen LogP contribution in [0.2, 0.25) is 0 Å². The number of hydrogen-bond donors (Lipinski definition) is 1. The van der Waals surface area contributed by atoms with Crippen LogP contribution in [0.5, 0.6) is 0 Å². The highest BCUT2D eigenvalue weighted by molar-refractivity contribution is 9.10. The molecule has 0 aliphatic carbocycles. The van der Waals surface area contributed by atoms with Crippen LogP contribution in [0.1, 0.15) is 32.1 Å². The fourth-order valence-corrected chi connectivity index (χ4v) is 3.16. The molecule has 0 spiro atoms. The van der Waals surface area contributed by atoms with E-state index in [9.17, 15) is 0 Å². The lowest BCUT2D eigenvalue weighted by Gasteiger charge is -2.09. The molecule has 0 saturated heterocycles. The van der Waals surface area contributed by atoms with E-state index in [4.69, 9.17) is 4.42 Å². The van der Waals surface area contributed by atoms with Gasteiger partial charge in [-0.15, -0.1) is 0 Å².